The second-order valence-electron chi connectivity index (χ2n) is 7.25. The lowest BCUT2D eigenvalue weighted by molar-refractivity contribution is -0.417. The van der Waals surface area contributed by atoms with Crippen molar-refractivity contribution in [1.82, 2.24) is 16.1 Å². The number of amidine groups is 1. The van der Waals surface area contributed by atoms with Gasteiger partial charge in [0.15, 0.2) is 5.84 Å². The highest BCUT2D eigenvalue weighted by atomic mass is 16.7. The standard InChI is InChI=1S/C23H21N5O5/c29-20(30)11-13-24-14-15-3-5-17(6-4-15)22-26-23(33-27-22)18-9-7-16(8-10-18)21-19(28(31)32)2-1-12-25-21/h1-10,12,24-25H,11,13-14H2,(H,26,27)(H,29,30). The van der Waals surface area contributed by atoms with Gasteiger partial charge in [0.1, 0.15) is 5.70 Å². The molecule has 2 aromatic rings. The Bertz CT molecular complexity index is 1270. The fraction of sp³-hybridized carbons (Fsp3) is 0.130. The summed E-state index contributed by atoms with van der Waals surface area (Å²) in [6, 6.07) is 14.8. The Kier molecular flexibility index (Phi) is 6.46. The molecule has 10 nitrogen and oxygen atoms in total. The number of allylic oxidation sites excluding steroid dienone is 2. The van der Waals surface area contributed by atoms with Crippen LogP contribution in [0.1, 0.15) is 17.5 Å². The monoisotopic (exact) mass is 447 g/mol. The number of hydrogen-bond donors (Lipinski definition) is 4. The summed E-state index contributed by atoms with van der Waals surface area (Å²) in [4.78, 5) is 31.4. The fourth-order valence-electron chi connectivity index (χ4n) is 3.29. The topological polar surface area (TPSA) is 138 Å². The summed E-state index contributed by atoms with van der Waals surface area (Å²) in [6.45, 7) is 0.983. The normalized spacial score (nSPS) is 14.7. The lowest BCUT2D eigenvalue weighted by Gasteiger charge is -2.08. The van der Waals surface area contributed by atoms with Crippen LogP contribution in [-0.2, 0) is 16.2 Å². The van der Waals surface area contributed by atoms with Crippen molar-refractivity contribution >= 4 is 23.4 Å². The first-order valence-electron chi connectivity index (χ1n) is 10.2. The Morgan fingerprint density at radius 2 is 1.85 bits per heavy atom. The van der Waals surface area contributed by atoms with Crippen molar-refractivity contribution in [3.63, 3.8) is 0 Å². The predicted molar refractivity (Wildman–Crippen MR) is 121 cm³/mol. The molecule has 0 fully saturated rings. The van der Waals surface area contributed by atoms with Gasteiger partial charge in [-0.05, 0) is 23.8 Å². The molecule has 10 heteroatoms. The third-order valence-corrected chi connectivity index (χ3v) is 4.98. The number of hydroxylamine groups is 1. The maximum atomic E-state index is 11.3. The van der Waals surface area contributed by atoms with Gasteiger partial charge in [0, 0.05) is 41.4 Å². The zero-order valence-electron chi connectivity index (χ0n) is 17.4. The fourth-order valence-corrected chi connectivity index (χ4v) is 3.29. The Hall–Kier alpha value is -4.44. The van der Waals surface area contributed by atoms with Crippen LogP contribution >= 0.6 is 0 Å². The molecule has 168 valence electrons. The Morgan fingerprint density at radius 1 is 1.12 bits per heavy atom. The summed E-state index contributed by atoms with van der Waals surface area (Å²) in [5.74, 6) is 0.124. The SMILES string of the molecule is O=C(O)CCNCc1ccc(C2=NC(=c3ccc(=C4NC=CC=C4[N+](=O)[O-])cc3)ON2)cc1. The molecule has 0 radical (unpaired) electrons. The van der Waals surface area contributed by atoms with E-state index in [9.17, 15) is 14.9 Å². The number of aliphatic imine (C=N–C) groups is 1. The zero-order valence-corrected chi connectivity index (χ0v) is 17.4. The van der Waals surface area contributed by atoms with Crippen LogP contribution < -0.4 is 26.6 Å². The Labute approximate surface area is 188 Å². The molecular formula is C23H21N5O5. The van der Waals surface area contributed by atoms with Gasteiger partial charge in [-0.25, -0.2) is 5.48 Å². The van der Waals surface area contributed by atoms with Gasteiger partial charge >= 0.3 is 5.97 Å². The van der Waals surface area contributed by atoms with Crippen molar-refractivity contribution in [1.29, 1.82) is 0 Å². The molecule has 2 aliphatic heterocycles. The quantitative estimate of drug-likeness (QED) is 0.276. The molecule has 0 unspecified atom stereocenters. The number of rotatable bonds is 7. The van der Waals surface area contributed by atoms with E-state index in [0.717, 1.165) is 16.3 Å². The maximum Gasteiger partial charge on any atom is 0.304 e. The average molecular weight is 447 g/mol. The number of nitrogens with zero attached hydrogens (tertiary/aromatic N) is 2. The molecule has 33 heavy (non-hydrogen) atoms. The molecule has 0 spiro atoms. The Balaban J connectivity index is 1.50. The molecule has 0 amide bonds. The Morgan fingerprint density at radius 3 is 2.55 bits per heavy atom. The van der Waals surface area contributed by atoms with Crippen LogP contribution in [-0.4, -0.2) is 28.4 Å². The van der Waals surface area contributed by atoms with E-state index in [1.54, 1.807) is 36.5 Å². The zero-order chi connectivity index (χ0) is 23.2. The molecule has 0 bridgehead atoms. The first kappa shape index (κ1) is 21.8. The summed E-state index contributed by atoms with van der Waals surface area (Å²) in [6.07, 6.45) is 4.76. The van der Waals surface area contributed by atoms with Gasteiger partial charge in [-0.2, -0.15) is 4.99 Å². The summed E-state index contributed by atoms with van der Waals surface area (Å²) in [5, 5.41) is 27.3. The molecule has 0 saturated carbocycles. The second-order valence-corrected chi connectivity index (χ2v) is 7.25. The highest BCUT2D eigenvalue weighted by Gasteiger charge is 2.19. The van der Waals surface area contributed by atoms with E-state index in [0.29, 0.717) is 35.7 Å². The lowest BCUT2D eigenvalue weighted by atomic mass is 10.1. The van der Waals surface area contributed by atoms with Crippen molar-refractivity contribution in [2.45, 2.75) is 13.0 Å². The van der Waals surface area contributed by atoms with Crippen LogP contribution in [0.5, 0.6) is 0 Å². The van der Waals surface area contributed by atoms with Crippen molar-refractivity contribution in [3.05, 3.63) is 104 Å². The number of aliphatic carboxylic acids is 1. The smallest absolute Gasteiger partial charge is 0.304 e. The van der Waals surface area contributed by atoms with Gasteiger partial charge < -0.3 is 20.6 Å². The van der Waals surface area contributed by atoms with Gasteiger partial charge in [0.05, 0.1) is 11.3 Å². The van der Waals surface area contributed by atoms with Crippen LogP contribution in [0.2, 0.25) is 0 Å². The van der Waals surface area contributed by atoms with Crippen LogP contribution in [0.15, 0.2) is 77.6 Å². The third-order valence-electron chi connectivity index (χ3n) is 4.98. The van der Waals surface area contributed by atoms with Crippen molar-refractivity contribution in [3.8, 4) is 0 Å². The predicted octanol–water partition coefficient (Wildman–Crippen LogP) is 0.684. The van der Waals surface area contributed by atoms with E-state index in [2.05, 4.69) is 21.1 Å². The van der Waals surface area contributed by atoms with E-state index in [-0.39, 0.29) is 12.1 Å². The molecule has 0 aromatic heterocycles. The highest BCUT2D eigenvalue weighted by Crippen LogP contribution is 2.13. The molecule has 0 atom stereocenters. The van der Waals surface area contributed by atoms with Gasteiger partial charge in [-0.1, -0.05) is 36.4 Å². The average Bonchev–Trinajstić information content (AvgIpc) is 3.32. The minimum atomic E-state index is -0.829. The summed E-state index contributed by atoms with van der Waals surface area (Å²) in [7, 11) is 0. The minimum Gasteiger partial charge on any atom is -0.481 e. The molecule has 2 heterocycles. The lowest BCUT2D eigenvalue weighted by Crippen LogP contribution is -2.24. The first-order valence-corrected chi connectivity index (χ1v) is 10.2. The molecule has 2 aliphatic rings. The van der Waals surface area contributed by atoms with Gasteiger partial charge in [0.25, 0.3) is 11.6 Å². The van der Waals surface area contributed by atoms with E-state index < -0.39 is 10.9 Å². The van der Waals surface area contributed by atoms with E-state index in [1.165, 1.54) is 6.08 Å². The van der Waals surface area contributed by atoms with Crippen LogP contribution in [0.3, 0.4) is 0 Å². The number of dihydropyridines is 1. The van der Waals surface area contributed by atoms with E-state index in [1.807, 2.05) is 24.3 Å². The van der Waals surface area contributed by atoms with Gasteiger partial charge in [0.2, 0.25) is 0 Å². The molecule has 4 rings (SSSR count). The summed E-state index contributed by atoms with van der Waals surface area (Å²) in [5.41, 5.74) is 5.09. The van der Waals surface area contributed by atoms with Crippen LogP contribution in [0.4, 0.5) is 0 Å². The third kappa shape index (κ3) is 5.25. The number of nitro groups is 1. The van der Waals surface area contributed by atoms with E-state index >= 15 is 0 Å². The molecule has 0 saturated heterocycles. The van der Waals surface area contributed by atoms with Crippen LogP contribution in [0, 0.1) is 10.1 Å². The molecule has 0 aliphatic carbocycles. The van der Waals surface area contributed by atoms with Gasteiger partial charge in [-0.15, -0.1) is 0 Å². The number of nitrogens with one attached hydrogen (secondary N) is 3. The number of carbonyl (C=O) groups is 1. The minimum absolute atomic E-state index is 0.00229. The van der Waals surface area contributed by atoms with Gasteiger partial charge in [-0.3, -0.25) is 14.9 Å². The van der Waals surface area contributed by atoms with Crippen molar-refractivity contribution < 1.29 is 19.7 Å². The number of carboxylic acids is 1. The second kappa shape index (κ2) is 9.79. The van der Waals surface area contributed by atoms with Crippen LogP contribution in [0.25, 0.3) is 11.6 Å². The van der Waals surface area contributed by atoms with Crippen molar-refractivity contribution in [2.75, 3.05) is 6.54 Å². The molecule has 4 N–H and O–H groups in total. The largest absolute Gasteiger partial charge is 0.481 e. The maximum absolute atomic E-state index is 11.3. The van der Waals surface area contributed by atoms with E-state index in [4.69, 9.17) is 9.94 Å². The summed E-state index contributed by atoms with van der Waals surface area (Å²) < 4.78 is 0. The molecular weight excluding hydrogens is 426 g/mol. The first-order chi connectivity index (χ1) is 16.0. The molecule has 2 aromatic carbocycles. The number of hydrogen-bond acceptors (Lipinski definition) is 8. The highest BCUT2D eigenvalue weighted by molar-refractivity contribution is 6.01. The van der Waals surface area contributed by atoms with Crippen molar-refractivity contribution in [2.24, 2.45) is 4.99 Å². The summed E-state index contributed by atoms with van der Waals surface area (Å²) >= 11 is 0. The number of carboxylic acid groups (broad SMARTS) is 1. The number of benzene rings is 2.